The van der Waals surface area contributed by atoms with Crippen LogP contribution in [0.4, 0.5) is 0 Å². The molecule has 0 atom stereocenters. The van der Waals surface area contributed by atoms with Crippen molar-refractivity contribution in [3.05, 3.63) is 87.6 Å². The van der Waals surface area contributed by atoms with Gasteiger partial charge in [-0.1, -0.05) is 46.9 Å². The van der Waals surface area contributed by atoms with Crippen LogP contribution in [-0.4, -0.2) is 16.2 Å². The number of para-hydroxylation sites is 2. The van der Waals surface area contributed by atoms with Crippen molar-refractivity contribution in [3.8, 4) is 11.5 Å². The molecule has 0 radical (unpaired) electrons. The van der Waals surface area contributed by atoms with Crippen LogP contribution in [0, 0.1) is 0 Å². The van der Waals surface area contributed by atoms with Crippen LogP contribution in [0.25, 0.3) is 11.0 Å². The van der Waals surface area contributed by atoms with E-state index in [1.807, 2.05) is 42.5 Å². The van der Waals surface area contributed by atoms with E-state index >= 15 is 0 Å². The van der Waals surface area contributed by atoms with Gasteiger partial charge in [-0.3, -0.25) is 0 Å². The van der Waals surface area contributed by atoms with Gasteiger partial charge in [0.2, 0.25) is 0 Å². The lowest BCUT2D eigenvalue weighted by atomic mass is 10.3. The Kier molecular flexibility index (Phi) is 7.23. The predicted molar refractivity (Wildman–Crippen MR) is 127 cm³/mol. The molecule has 31 heavy (non-hydrogen) atoms. The number of imidazole rings is 1. The average molecular weight is 476 g/mol. The highest BCUT2D eigenvalue weighted by atomic mass is 35.5. The van der Waals surface area contributed by atoms with E-state index in [0.717, 1.165) is 42.0 Å². The van der Waals surface area contributed by atoms with Gasteiger partial charge in [-0.2, -0.15) is 0 Å². The van der Waals surface area contributed by atoms with Gasteiger partial charge in [-0.05, 0) is 67.4 Å². The van der Waals surface area contributed by atoms with E-state index in [2.05, 4.69) is 10.6 Å². The van der Waals surface area contributed by atoms with E-state index in [4.69, 9.17) is 49.3 Å². The van der Waals surface area contributed by atoms with E-state index in [1.54, 1.807) is 18.2 Å². The van der Waals surface area contributed by atoms with Gasteiger partial charge in [0.05, 0.1) is 22.7 Å². The first-order valence-electron chi connectivity index (χ1n) is 10.0. The lowest BCUT2D eigenvalue weighted by Gasteiger charge is -2.12. The smallest absolute Gasteiger partial charge is 0.147 e. The highest BCUT2D eigenvalue weighted by Gasteiger charge is 2.12. The molecule has 0 fully saturated rings. The molecule has 7 heteroatoms. The Morgan fingerprint density at radius 1 is 0.806 bits per heavy atom. The third-order valence-corrected chi connectivity index (χ3v) is 5.63. The molecule has 0 unspecified atom stereocenters. The Hall–Kier alpha value is -2.40. The number of unbranched alkanes of at least 4 members (excludes halogenated alkanes) is 1. The number of nitrogens with zero attached hydrogens (tertiary/aromatic N) is 2. The molecule has 0 aliphatic carbocycles. The van der Waals surface area contributed by atoms with Gasteiger partial charge in [0, 0.05) is 16.6 Å². The zero-order chi connectivity index (χ0) is 21.6. The minimum Gasteiger partial charge on any atom is -0.494 e. The quantitative estimate of drug-likeness (QED) is 0.236. The molecule has 0 amide bonds. The fourth-order valence-electron chi connectivity index (χ4n) is 3.31. The van der Waals surface area contributed by atoms with Gasteiger partial charge in [-0.15, -0.1) is 0 Å². The molecular weight excluding hydrogens is 455 g/mol. The van der Waals surface area contributed by atoms with Gasteiger partial charge in [0.15, 0.2) is 0 Å². The number of ether oxygens (including phenoxy) is 2. The maximum atomic E-state index is 6.23. The first kappa shape index (κ1) is 21.8. The van der Waals surface area contributed by atoms with E-state index in [-0.39, 0.29) is 0 Å². The molecule has 4 rings (SSSR count). The van der Waals surface area contributed by atoms with Crippen molar-refractivity contribution in [2.75, 3.05) is 6.61 Å². The standard InChI is InChI=1S/C24H21Cl3N2O2/c25-17-7-10-19(11-8-17)30-14-4-3-13-29-22-6-2-1-5-21(22)28-24(29)16-31-23-12-9-18(26)15-20(23)27/h1-2,5-12,15H,3-4,13-14,16H2. The Morgan fingerprint density at radius 2 is 1.58 bits per heavy atom. The normalized spacial score (nSPS) is 11.1. The van der Waals surface area contributed by atoms with Crippen LogP contribution in [0.1, 0.15) is 18.7 Å². The second kappa shape index (κ2) is 10.3. The number of aryl methyl sites for hydroxylation is 1. The van der Waals surface area contributed by atoms with Crippen molar-refractivity contribution in [2.24, 2.45) is 0 Å². The number of fused-ring (bicyclic) bond motifs is 1. The van der Waals surface area contributed by atoms with Crippen molar-refractivity contribution >= 4 is 45.8 Å². The maximum absolute atomic E-state index is 6.23. The summed E-state index contributed by atoms with van der Waals surface area (Å²) in [5.41, 5.74) is 2.03. The molecule has 0 aliphatic rings. The highest BCUT2D eigenvalue weighted by Crippen LogP contribution is 2.28. The lowest BCUT2D eigenvalue weighted by Crippen LogP contribution is -2.09. The number of benzene rings is 3. The fourth-order valence-corrected chi connectivity index (χ4v) is 3.90. The second-order valence-corrected chi connectivity index (χ2v) is 8.32. The summed E-state index contributed by atoms with van der Waals surface area (Å²) < 4.78 is 13.9. The molecule has 4 nitrogen and oxygen atoms in total. The summed E-state index contributed by atoms with van der Waals surface area (Å²) in [6, 6.07) is 20.7. The number of hydrogen-bond donors (Lipinski definition) is 0. The Bertz CT molecular complexity index is 1160. The highest BCUT2D eigenvalue weighted by molar-refractivity contribution is 6.35. The Balaban J connectivity index is 1.39. The minimum absolute atomic E-state index is 0.317. The van der Waals surface area contributed by atoms with Crippen LogP contribution in [0.2, 0.25) is 15.1 Å². The molecule has 160 valence electrons. The zero-order valence-corrected chi connectivity index (χ0v) is 19.0. The number of rotatable bonds is 9. The topological polar surface area (TPSA) is 36.3 Å². The van der Waals surface area contributed by atoms with Crippen molar-refractivity contribution in [1.82, 2.24) is 9.55 Å². The van der Waals surface area contributed by atoms with Crippen LogP contribution < -0.4 is 9.47 Å². The summed E-state index contributed by atoms with van der Waals surface area (Å²) in [6.45, 7) is 1.77. The SMILES string of the molecule is Clc1ccc(OCCCCn2c(COc3ccc(Cl)cc3Cl)nc3ccccc32)cc1. The minimum atomic E-state index is 0.317. The van der Waals surface area contributed by atoms with Crippen molar-refractivity contribution in [3.63, 3.8) is 0 Å². The van der Waals surface area contributed by atoms with Gasteiger partial charge in [0.25, 0.3) is 0 Å². The molecule has 3 aromatic carbocycles. The third-order valence-electron chi connectivity index (χ3n) is 4.84. The van der Waals surface area contributed by atoms with Crippen LogP contribution in [0.5, 0.6) is 11.5 Å². The summed E-state index contributed by atoms with van der Waals surface area (Å²) >= 11 is 18.1. The van der Waals surface area contributed by atoms with Gasteiger partial charge < -0.3 is 14.0 Å². The zero-order valence-electron chi connectivity index (χ0n) is 16.7. The van der Waals surface area contributed by atoms with Gasteiger partial charge in [0.1, 0.15) is 23.9 Å². The summed E-state index contributed by atoms with van der Waals surface area (Å²) in [4.78, 5) is 4.75. The molecule has 0 bridgehead atoms. The molecule has 0 N–H and O–H groups in total. The number of halogens is 3. The summed E-state index contributed by atoms with van der Waals surface area (Å²) in [7, 11) is 0. The fraction of sp³-hybridized carbons (Fsp3) is 0.208. The first-order valence-corrected chi connectivity index (χ1v) is 11.1. The molecule has 0 saturated carbocycles. The maximum Gasteiger partial charge on any atom is 0.147 e. The van der Waals surface area contributed by atoms with E-state index < -0.39 is 0 Å². The molecule has 0 saturated heterocycles. The summed E-state index contributed by atoms with van der Waals surface area (Å²) in [5.74, 6) is 2.26. The molecular formula is C24H21Cl3N2O2. The predicted octanol–water partition coefficient (Wildman–Crippen LogP) is 7.43. The molecule has 0 spiro atoms. The van der Waals surface area contributed by atoms with Crippen molar-refractivity contribution in [2.45, 2.75) is 26.0 Å². The first-order chi connectivity index (χ1) is 15.1. The van der Waals surface area contributed by atoms with Gasteiger partial charge >= 0.3 is 0 Å². The van der Waals surface area contributed by atoms with Crippen molar-refractivity contribution in [1.29, 1.82) is 0 Å². The Morgan fingerprint density at radius 3 is 2.39 bits per heavy atom. The second-order valence-electron chi connectivity index (χ2n) is 7.04. The van der Waals surface area contributed by atoms with E-state index in [9.17, 15) is 0 Å². The van der Waals surface area contributed by atoms with E-state index in [1.165, 1.54) is 0 Å². The molecule has 4 aromatic rings. The average Bonchev–Trinajstić information content (AvgIpc) is 3.12. The molecule has 1 aromatic heterocycles. The summed E-state index contributed by atoms with van der Waals surface area (Å²) in [6.07, 6.45) is 1.86. The molecule has 0 aliphatic heterocycles. The van der Waals surface area contributed by atoms with Crippen LogP contribution in [-0.2, 0) is 13.2 Å². The monoisotopic (exact) mass is 474 g/mol. The van der Waals surface area contributed by atoms with E-state index in [0.29, 0.717) is 34.0 Å². The van der Waals surface area contributed by atoms with Crippen LogP contribution >= 0.6 is 34.8 Å². The van der Waals surface area contributed by atoms with Gasteiger partial charge in [-0.25, -0.2) is 4.98 Å². The van der Waals surface area contributed by atoms with Crippen LogP contribution in [0.3, 0.4) is 0 Å². The molecule has 1 heterocycles. The number of aromatic nitrogens is 2. The largest absolute Gasteiger partial charge is 0.494 e. The third kappa shape index (κ3) is 5.65. The summed E-state index contributed by atoms with van der Waals surface area (Å²) in [5, 5.41) is 1.76. The van der Waals surface area contributed by atoms with Crippen LogP contribution in [0.15, 0.2) is 66.7 Å². The lowest BCUT2D eigenvalue weighted by molar-refractivity contribution is 0.285. The number of hydrogen-bond acceptors (Lipinski definition) is 3. The van der Waals surface area contributed by atoms with Crippen molar-refractivity contribution < 1.29 is 9.47 Å². The Labute approximate surface area is 196 Å².